The minimum absolute atomic E-state index is 0.0720. The Morgan fingerprint density at radius 2 is 2.07 bits per heavy atom. The van der Waals surface area contributed by atoms with Crippen LogP contribution in [0.1, 0.15) is 10.4 Å². The Morgan fingerprint density at radius 1 is 1.33 bits per heavy atom. The Hall–Kier alpha value is -1.20. The first-order valence-electron chi connectivity index (χ1n) is 4.96. The monoisotopic (exact) mass is 223 g/mol. The minimum Gasteiger partial charge on any atom is -0.352 e. The molecule has 0 unspecified atom stereocenters. The molecule has 2 rings (SSSR count). The molecule has 0 radical (unpaired) electrons. The van der Waals surface area contributed by atoms with E-state index in [4.69, 9.17) is 12.2 Å². The van der Waals surface area contributed by atoms with E-state index in [-0.39, 0.29) is 5.91 Å². The van der Waals surface area contributed by atoms with Gasteiger partial charge in [0, 0.05) is 32.4 Å². The summed E-state index contributed by atoms with van der Waals surface area (Å²) in [5.41, 5.74) is 0.672. The average molecular weight is 223 g/mol. The van der Waals surface area contributed by atoms with Crippen molar-refractivity contribution in [2.75, 3.05) is 26.2 Å². The number of aromatic amines is 1. The molecule has 0 aliphatic carbocycles. The fourth-order valence-electron chi connectivity index (χ4n) is 1.59. The fourth-order valence-corrected chi connectivity index (χ4v) is 1.72. The number of nitrogens with zero attached hydrogens (tertiary/aromatic N) is 1. The predicted octanol–water partition coefficient (Wildman–Crippen LogP) is 0.790. The van der Waals surface area contributed by atoms with E-state index in [9.17, 15) is 4.79 Å². The molecule has 1 fully saturated rings. The molecule has 1 amide bonds. The second-order valence-corrected chi connectivity index (χ2v) is 3.92. The molecule has 4 nitrogen and oxygen atoms in total. The third-order valence-electron chi connectivity index (χ3n) is 2.44. The smallest absolute Gasteiger partial charge is 0.255 e. The topological polar surface area (TPSA) is 48.1 Å². The van der Waals surface area contributed by atoms with Crippen molar-refractivity contribution in [1.29, 1.82) is 0 Å². The van der Waals surface area contributed by atoms with E-state index < -0.39 is 0 Å². The van der Waals surface area contributed by atoms with Crippen LogP contribution in [0, 0.1) is 4.64 Å². The van der Waals surface area contributed by atoms with Crippen LogP contribution in [0.5, 0.6) is 0 Å². The summed E-state index contributed by atoms with van der Waals surface area (Å²) in [7, 11) is 0. The van der Waals surface area contributed by atoms with Crippen molar-refractivity contribution < 1.29 is 4.79 Å². The lowest BCUT2D eigenvalue weighted by molar-refractivity contribution is 0.0735. The van der Waals surface area contributed by atoms with Gasteiger partial charge in [0.25, 0.3) is 5.91 Å². The Bertz CT molecular complexity index is 389. The van der Waals surface area contributed by atoms with Crippen LogP contribution in [0.25, 0.3) is 0 Å². The molecule has 2 heterocycles. The molecule has 1 aromatic rings. The highest BCUT2D eigenvalue weighted by molar-refractivity contribution is 7.71. The number of carbonyl (C=O) groups is 1. The van der Waals surface area contributed by atoms with E-state index >= 15 is 0 Å². The summed E-state index contributed by atoms with van der Waals surface area (Å²) >= 11 is 4.92. The fraction of sp³-hybridized carbons (Fsp3) is 0.400. The molecule has 1 aromatic heterocycles. The summed E-state index contributed by atoms with van der Waals surface area (Å²) in [5.74, 6) is 0.0720. The largest absolute Gasteiger partial charge is 0.352 e. The Labute approximate surface area is 93.3 Å². The molecular formula is C10H13N3OS. The van der Waals surface area contributed by atoms with E-state index in [0.29, 0.717) is 10.2 Å². The first-order valence-corrected chi connectivity index (χ1v) is 5.37. The van der Waals surface area contributed by atoms with Gasteiger partial charge in [0.15, 0.2) is 0 Å². The van der Waals surface area contributed by atoms with Gasteiger partial charge >= 0.3 is 0 Å². The lowest BCUT2D eigenvalue weighted by Crippen LogP contribution is -2.46. The number of piperazine rings is 1. The number of aromatic nitrogens is 1. The Morgan fingerprint density at radius 3 is 2.67 bits per heavy atom. The van der Waals surface area contributed by atoms with Gasteiger partial charge in [-0.1, -0.05) is 12.2 Å². The van der Waals surface area contributed by atoms with Crippen LogP contribution in [-0.4, -0.2) is 42.0 Å². The molecule has 2 N–H and O–H groups in total. The normalized spacial score (nSPS) is 16.4. The van der Waals surface area contributed by atoms with Crippen LogP contribution in [-0.2, 0) is 0 Å². The molecular weight excluding hydrogens is 210 g/mol. The van der Waals surface area contributed by atoms with Crippen LogP contribution in [0.3, 0.4) is 0 Å². The number of hydrogen-bond acceptors (Lipinski definition) is 3. The van der Waals surface area contributed by atoms with Crippen LogP contribution in [0.2, 0.25) is 0 Å². The molecule has 0 spiro atoms. The molecule has 0 atom stereocenters. The molecule has 1 saturated heterocycles. The number of pyridine rings is 1. The van der Waals surface area contributed by atoms with E-state index in [0.717, 1.165) is 26.2 Å². The lowest BCUT2D eigenvalue weighted by Gasteiger charge is -2.27. The van der Waals surface area contributed by atoms with Gasteiger partial charge < -0.3 is 15.2 Å². The summed E-state index contributed by atoms with van der Waals surface area (Å²) in [6.45, 7) is 3.28. The SMILES string of the molecule is O=C(c1ccc(=S)[nH]c1)N1CCNCC1. The van der Waals surface area contributed by atoms with E-state index in [1.54, 1.807) is 18.3 Å². The molecule has 0 bridgehead atoms. The van der Waals surface area contributed by atoms with E-state index in [1.807, 2.05) is 4.90 Å². The minimum atomic E-state index is 0.0720. The van der Waals surface area contributed by atoms with Crippen molar-refractivity contribution in [1.82, 2.24) is 15.2 Å². The van der Waals surface area contributed by atoms with Gasteiger partial charge in [-0.2, -0.15) is 0 Å². The van der Waals surface area contributed by atoms with Crippen LogP contribution >= 0.6 is 12.2 Å². The number of carbonyl (C=O) groups excluding carboxylic acids is 1. The summed E-state index contributed by atoms with van der Waals surface area (Å²) < 4.78 is 0.645. The number of hydrogen-bond donors (Lipinski definition) is 2. The molecule has 80 valence electrons. The van der Waals surface area contributed by atoms with Crippen molar-refractivity contribution in [2.45, 2.75) is 0 Å². The molecule has 5 heteroatoms. The van der Waals surface area contributed by atoms with Crippen LogP contribution in [0.15, 0.2) is 18.3 Å². The van der Waals surface area contributed by atoms with E-state index in [1.165, 1.54) is 0 Å². The predicted molar refractivity (Wildman–Crippen MR) is 60.4 cm³/mol. The second kappa shape index (κ2) is 4.55. The van der Waals surface area contributed by atoms with Gasteiger partial charge in [0.1, 0.15) is 4.64 Å². The maximum Gasteiger partial charge on any atom is 0.255 e. The summed E-state index contributed by atoms with van der Waals surface area (Å²) in [5, 5.41) is 3.21. The van der Waals surface area contributed by atoms with Crippen LogP contribution in [0.4, 0.5) is 0 Å². The zero-order valence-corrected chi connectivity index (χ0v) is 9.14. The van der Waals surface area contributed by atoms with Gasteiger partial charge in [-0.05, 0) is 12.1 Å². The third-order valence-corrected chi connectivity index (χ3v) is 2.69. The van der Waals surface area contributed by atoms with Gasteiger partial charge in [-0.15, -0.1) is 0 Å². The number of nitrogens with one attached hydrogen (secondary N) is 2. The second-order valence-electron chi connectivity index (χ2n) is 3.48. The van der Waals surface area contributed by atoms with Gasteiger partial charge in [0.2, 0.25) is 0 Å². The van der Waals surface area contributed by atoms with Gasteiger partial charge in [0.05, 0.1) is 5.56 Å². The van der Waals surface area contributed by atoms with Crippen molar-refractivity contribution in [3.63, 3.8) is 0 Å². The quantitative estimate of drug-likeness (QED) is 0.692. The first kappa shape index (κ1) is 10.3. The molecule has 15 heavy (non-hydrogen) atoms. The highest BCUT2D eigenvalue weighted by atomic mass is 32.1. The zero-order valence-electron chi connectivity index (χ0n) is 8.32. The Balaban J connectivity index is 2.12. The third kappa shape index (κ3) is 2.43. The van der Waals surface area contributed by atoms with Gasteiger partial charge in [-0.25, -0.2) is 0 Å². The number of amides is 1. The number of H-pyrrole nitrogens is 1. The van der Waals surface area contributed by atoms with E-state index in [2.05, 4.69) is 10.3 Å². The maximum absolute atomic E-state index is 12.0. The summed E-state index contributed by atoms with van der Waals surface area (Å²) in [6.07, 6.45) is 1.67. The molecule has 0 saturated carbocycles. The van der Waals surface area contributed by atoms with Crippen molar-refractivity contribution in [3.05, 3.63) is 28.5 Å². The highest BCUT2D eigenvalue weighted by Gasteiger charge is 2.17. The molecule has 1 aliphatic rings. The number of rotatable bonds is 1. The first-order chi connectivity index (χ1) is 7.27. The van der Waals surface area contributed by atoms with Crippen molar-refractivity contribution >= 4 is 18.1 Å². The maximum atomic E-state index is 12.0. The summed E-state index contributed by atoms with van der Waals surface area (Å²) in [4.78, 5) is 16.7. The highest BCUT2D eigenvalue weighted by Crippen LogP contribution is 2.04. The molecule has 1 aliphatic heterocycles. The lowest BCUT2D eigenvalue weighted by atomic mass is 10.2. The van der Waals surface area contributed by atoms with Crippen LogP contribution < -0.4 is 5.32 Å². The van der Waals surface area contributed by atoms with Crippen molar-refractivity contribution in [2.24, 2.45) is 0 Å². The molecule has 0 aromatic carbocycles. The Kier molecular flexibility index (Phi) is 3.13. The zero-order chi connectivity index (χ0) is 10.7. The summed E-state index contributed by atoms with van der Waals surface area (Å²) in [6, 6.07) is 3.51. The van der Waals surface area contributed by atoms with Crippen molar-refractivity contribution in [3.8, 4) is 0 Å². The average Bonchev–Trinajstić information content (AvgIpc) is 2.30. The van der Waals surface area contributed by atoms with Gasteiger partial charge in [-0.3, -0.25) is 4.79 Å². The standard InChI is InChI=1S/C10H13N3OS/c14-10(13-5-3-11-4-6-13)8-1-2-9(15)12-7-8/h1-2,7,11H,3-6H2,(H,12,15).